The molecule has 0 spiro atoms. The van der Waals surface area contributed by atoms with Crippen molar-refractivity contribution in [3.8, 4) is 0 Å². The molecule has 20 heavy (non-hydrogen) atoms. The van der Waals surface area contributed by atoms with Crippen LogP contribution in [0.5, 0.6) is 0 Å². The molecule has 0 aliphatic carbocycles. The molecule has 0 saturated heterocycles. The zero-order valence-electron chi connectivity index (χ0n) is 11.2. The van der Waals surface area contributed by atoms with Gasteiger partial charge in [-0.3, -0.25) is 0 Å². The first-order valence-corrected chi connectivity index (χ1v) is 10.3. The van der Waals surface area contributed by atoms with Gasteiger partial charge in [-0.25, -0.2) is 0 Å². The van der Waals surface area contributed by atoms with E-state index in [0.717, 1.165) is 0 Å². The zero-order chi connectivity index (χ0) is 14.6. The number of benzene rings is 2. The van der Waals surface area contributed by atoms with Gasteiger partial charge in [0.05, 0.1) is 0 Å². The van der Waals surface area contributed by atoms with Crippen LogP contribution in [0.25, 0.3) is 0 Å². The summed E-state index contributed by atoms with van der Waals surface area (Å²) in [4.78, 5) is 18.4. The molecule has 0 heterocycles. The summed E-state index contributed by atoms with van der Waals surface area (Å²) in [6.45, 7) is 2.27. The van der Waals surface area contributed by atoms with Crippen molar-refractivity contribution in [3.05, 3.63) is 60.7 Å². The molecule has 2 aromatic carbocycles. The van der Waals surface area contributed by atoms with Crippen LogP contribution in [0.15, 0.2) is 60.7 Å². The number of carbonyl (C=O) groups is 2. The maximum absolute atomic E-state index is 9.22. The van der Waals surface area contributed by atoms with E-state index in [4.69, 9.17) is 0 Å². The Bertz CT molecular complexity index is 457. The van der Waals surface area contributed by atoms with Gasteiger partial charge in [-0.05, 0) is 24.7 Å². The van der Waals surface area contributed by atoms with E-state index >= 15 is 0 Å². The third-order valence-electron chi connectivity index (χ3n) is 2.54. The molecule has 0 amide bonds. The average Bonchev–Trinajstić information content (AvgIpc) is 2.52. The first-order chi connectivity index (χ1) is 9.83. The Morgan fingerprint density at radius 3 is 1.50 bits per heavy atom. The van der Waals surface area contributed by atoms with Crippen LogP contribution in [0.1, 0.15) is 6.92 Å². The van der Waals surface area contributed by atoms with E-state index in [0.29, 0.717) is 9.35 Å². The van der Waals surface area contributed by atoms with Crippen molar-refractivity contribution in [1.29, 1.82) is 0 Å². The van der Waals surface area contributed by atoms with E-state index in [1.807, 2.05) is 0 Å². The molecule has 0 aliphatic heterocycles. The van der Waals surface area contributed by atoms with Crippen molar-refractivity contribution in [1.82, 2.24) is 0 Å². The van der Waals surface area contributed by atoms with Crippen molar-refractivity contribution >= 4 is 27.9 Å². The molecule has 0 aliphatic rings. The van der Waals surface area contributed by atoms with E-state index in [9.17, 15) is 9.59 Å². The van der Waals surface area contributed by atoms with Crippen LogP contribution in [0.2, 0.25) is 0 Å². The van der Waals surface area contributed by atoms with Crippen LogP contribution in [-0.2, 0) is 28.2 Å². The molecule has 2 aromatic rings. The fourth-order valence-electron chi connectivity index (χ4n) is 1.75. The molecule has 0 N–H and O–H groups in total. The van der Waals surface area contributed by atoms with Crippen molar-refractivity contribution in [2.45, 2.75) is 6.92 Å². The van der Waals surface area contributed by atoms with Gasteiger partial charge in [0.2, 0.25) is 0 Å². The second-order valence-electron chi connectivity index (χ2n) is 3.67. The van der Waals surface area contributed by atoms with Crippen LogP contribution in [0.3, 0.4) is 0 Å². The minimum atomic E-state index is -0.738. The van der Waals surface area contributed by atoms with E-state index in [2.05, 4.69) is 67.6 Å². The number of hydrogen-bond donors (Lipinski definition) is 0. The molecular weight excluding hydrogens is 450 g/mol. The summed E-state index contributed by atoms with van der Waals surface area (Å²) in [5.41, 5.74) is 0. The Hall–Kier alpha value is -1.10. The summed E-state index contributed by atoms with van der Waals surface area (Å²) in [6.07, 6.45) is 1.21. The normalized spacial score (nSPS) is 9.70. The van der Waals surface area contributed by atoms with Gasteiger partial charge in [-0.2, -0.15) is 0 Å². The summed E-state index contributed by atoms with van der Waals surface area (Å²) in [5.74, 6) is 0. The average molecular weight is 467 g/mol. The van der Waals surface area contributed by atoms with E-state index < -0.39 is 18.6 Å². The van der Waals surface area contributed by atoms with E-state index in [1.54, 1.807) is 0 Å². The van der Waals surface area contributed by atoms with Crippen LogP contribution in [0, 0.1) is 0 Å². The van der Waals surface area contributed by atoms with Gasteiger partial charge in [0, 0.05) is 0 Å². The van der Waals surface area contributed by atoms with Crippen molar-refractivity contribution in [2.24, 2.45) is 0 Å². The summed E-state index contributed by atoms with van der Waals surface area (Å²) in [5, 5.41) is 2.95. The summed E-state index contributed by atoms with van der Waals surface area (Å²) in [7, 11) is -0.149. The summed E-state index contributed by atoms with van der Waals surface area (Å²) in [6, 6.07) is 21.6. The van der Waals surface area contributed by atoms with Crippen molar-refractivity contribution < 1.29 is 28.2 Å². The maximum atomic E-state index is 9.22. The predicted molar refractivity (Wildman–Crippen MR) is 83.1 cm³/mol. The Labute approximate surface area is 129 Å². The topological polar surface area (TPSA) is 34.1 Å². The molecule has 0 atom stereocenters. The van der Waals surface area contributed by atoms with Gasteiger partial charge in [0.25, 0.3) is 0 Å². The zero-order valence-corrected chi connectivity index (χ0v) is 14.4. The van der Waals surface area contributed by atoms with E-state index in [-0.39, 0.29) is 7.92 Å². The third kappa shape index (κ3) is 5.90. The molecule has 4 heteroatoms. The molecule has 2 rings (SSSR count). The van der Waals surface area contributed by atoms with Crippen LogP contribution in [-0.4, -0.2) is 15.5 Å². The Kier molecular flexibility index (Phi) is 9.03. The Morgan fingerprint density at radius 1 is 0.850 bits per heavy atom. The van der Waals surface area contributed by atoms with Gasteiger partial charge in [0.1, 0.15) is 0 Å². The van der Waals surface area contributed by atoms with Gasteiger partial charge < -0.3 is 0 Å². The van der Waals surface area contributed by atoms with Gasteiger partial charge in [-0.15, -0.1) is 0 Å². The molecule has 108 valence electrons. The number of rotatable bonds is 5. The second-order valence-corrected chi connectivity index (χ2v) is 8.02. The quantitative estimate of drug-likeness (QED) is 0.501. The minimum absolute atomic E-state index is 0.149. The fraction of sp³-hybridized carbons (Fsp3) is 0.125. The molecular formula is C16H17O2PPt. The fourth-order valence-corrected chi connectivity index (χ4v) is 3.97. The molecule has 0 unspecified atom stereocenters. The molecule has 0 aromatic heterocycles. The first kappa shape index (κ1) is 17.0. The Morgan fingerprint density at radius 2 is 1.25 bits per heavy atom. The van der Waals surface area contributed by atoms with Crippen LogP contribution < -0.4 is 10.6 Å². The number of hydrogen-bond acceptors (Lipinski definition) is 2. The molecule has 0 saturated carbocycles. The SMILES string of the molecule is CCP(c1ccccc1)c1ccccc1.O=[CH][Pt][CH]=O. The molecule has 0 fully saturated rings. The predicted octanol–water partition coefficient (Wildman–Crippen LogP) is 2.59. The molecule has 2 nitrogen and oxygen atoms in total. The van der Waals surface area contributed by atoms with Crippen LogP contribution in [0.4, 0.5) is 0 Å². The monoisotopic (exact) mass is 467 g/mol. The summed E-state index contributed by atoms with van der Waals surface area (Å²) >= 11 is -0.738. The van der Waals surface area contributed by atoms with Gasteiger partial charge in [-0.1, -0.05) is 67.6 Å². The standard InChI is InChI=1S/C14H15P.2CHO.Pt/c1-2-15(13-9-5-3-6-10-13)14-11-7-4-8-12-14;2*1-2;/h3-12H,2H2,1H3;2*1H;. The van der Waals surface area contributed by atoms with Gasteiger partial charge in [0.15, 0.2) is 0 Å². The molecule has 0 bridgehead atoms. The third-order valence-corrected chi connectivity index (χ3v) is 5.63. The Balaban J connectivity index is 0.000000347. The molecule has 0 radical (unpaired) electrons. The van der Waals surface area contributed by atoms with Gasteiger partial charge >= 0.3 is 37.5 Å². The van der Waals surface area contributed by atoms with Crippen LogP contribution >= 0.6 is 7.92 Å². The van der Waals surface area contributed by atoms with Crippen molar-refractivity contribution in [3.63, 3.8) is 0 Å². The second kappa shape index (κ2) is 10.7. The number of carbonyl (C=O) groups excluding carboxylic acids is 2. The summed E-state index contributed by atoms with van der Waals surface area (Å²) < 4.78 is 1.35. The van der Waals surface area contributed by atoms with E-state index in [1.165, 1.54) is 16.8 Å². The first-order valence-electron chi connectivity index (χ1n) is 6.13. The van der Waals surface area contributed by atoms with Crippen molar-refractivity contribution in [2.75, 3.05) is 6.16 Å².